The molecule has 0 aromatic rings. The van der Waals surface area contributed by atoms with Crippen LogP contribution in [0.15, 0.2) is 0 Å². The van der Waals surface area contributed by atoms with E-state index in [1.807, 2.05) is 11.9 Å². The number of morpholine rings is 1. The van der Waals surface area contributed by atoms with Crippen molar-refractivity contribution < 1.29 is 23.4 Å². The van der Waals surface area contributed by atoms with Crippen molar-refractivity contribution in [2.75, 3.05) is 33.3 Å². The topological polar surface area (TPSA) is 53.0 Å². The van der Waals surface area contributed by atoms with E-state index in [9.17, 15) is 18.7 Å². The van der Waals surface area contributed by atoms with Crippen molar-refractivity contribution in [2.45, 2.75) is 49.4 Å². The van der Waals surface area contributed by atoms with E-state index in [0.717, 1.165) is 11.4 Å². The monoisotopic (exact) mass is 304 g/mol. The van der Waals surface area contributed by atoms with Gasteiger partial charge in [0.25, 0.3) is 5.91 Å². The highest BCUT2D eigenvalue weighted by atomic mass is 19.3. The molecule has 1 aliphatic carbocycles. The van der Waals surface area contributed by atoms with Gasteiger partial charge in [-0.15, -0.1) is 0 Å². The maximum Gasteiger partial charge on any atom is 0.352 e. The number of fused-ring (bicyclic) bond motifs is 1. The van der Waals surface area contributed by atoms with Gasteiger partial charge in [0.1, 0.15) is 5.60 Å². The van der Waals surface area contributed by atoms with E-state index in [4.69, 9.17) is 4.74 Å². The molecule has 2 saturated heterocycles. The summed E-state index contributed by atoms with van der Waals surface area (Å²) in [6.45, 7) is 1.72. The van der Waals surface area contributed by atoms with E-state index in [1.165, 1.54) is 0 Å². The minimum atomic E-state index is -3.71. The summed E-state index contributed by atoms with van der Waals surface area (Å²) < 4.78 is 34.4. The fourth-order valence-electron chi connectivity index (χ4n) is 3.70. The van der Waals surface area contributed by atoms with Crippen LogP contribution >= 0.6 is 0 Å². The molecule has 3 rings (SSSR count). The summed E-state index contributed by atoms with van der Waals surface area (Å²) in [5.74, 6) is -4.96. The Kier molecular flexibility index (Phi) is 3.70. The maximum absolute atomic E-state index is 14.4. The van der Waals surface area contributed by atoms with Gasteiger partial charge in [0.05, 0.1) is 18.8 Å². The van der Waals surface area contributed by atoms with Gasteiger partial charge in [-0.3, -0.25) is 9.69 Å². The van der Waals surface area contributed by atoms with Gasteiger partial charge in [0, 0.05) is 19.6 Å². The van der Waals surface area contributed by atoms with E-state index in [-0.39, 0.29) is 38.1 Å². The summed E-state index contributed by atoms with van der Waals surface area (Å²) in [7, 11) is 1.91. The summed E-state index contributed by atoms with van der Waals surface area (Å²) >= 11 is 0. The first-order valence-corrected chi connectivity index (χ1v) is 7.56. The highest BCUT2D eigenvalue weighted by Gasteiger charge is 2.61. The SMILES string of the molecule is CN1CCO[C@@H]2CN(C(=O)C(F)(F)C3(O)CCCC3)C[C@@H]21. The largest absolute Gasteiger partial charge is 0.383 e. The summed E-state index contributed by atoms with van der Waals surface area (Å²) in [6, 6.07) is -0.0308. The Balaban J connectivity index is 1.73. The van der Waals surface area contributed by atoms with Crippen LogP contribution in [0, 0.1) is 0 Å². The minimum absolute atomic E-state index is 0.0111. The third-order valence-corrected chi connectivity index (χ3v) is 5.15. The highest BCUT2D eigenvalue weighted by molar-refractivity contribution is 5.85. The van der Waals surface area contributed by atoms with Crippen LogP contribution in [0.5, 0.6) is 0 Å². The molecular formula is C14H22F2N2O3. The van der Waals surface area contributed by atoms with Crippen molar-refractivity contribution in [1.29, 1.82) is 0 Å². The molecule has 120 valence electrons. The number of likely N-dealkylation sites (N-methyl/N-ethyl adjacent to an activating group) is 1. The number of carbonyl (C=O) groups excluding carboxylic acids is 1. The number of alkyl halides is 2. The van der Waals surface area contributed by atoms with Gasteiger partial charge in [-0.2, -0.15) is 8.78 Å². The summed E-state index contributed by atoms with van der Waals surface area (Å²) in [5, 5.41) is 10.1. The van der Waals surface area contributed by atoms with Crippen LogP contribution in [0.4, 0.5) is 8.78 Å². The Hall–Kier alpha value is -0.790. The maximum atomic E-state index is 14.4. The molecule has 2 atom stereocenters. The Labute approximate surface area is 122 Å². The molecule has 0 radical (unpaired) electrons. The molecule has 2 aliphatic heterocycles. The number of hydrogen-bond acceptors (Lipinski definition) is 4. The van der Waals surface area contributed by atoms with Crippen molar-refractivity contribution in [2.24, 2.45) is 0 Å². The molecule has 3 fully saturated rings. The normalized spacial score (nSPS) is 33.2. The molecule has 0 aromatic heterocycles. The van der Waals surface area contributed by atoms with Crippen LogP contribution in [-0.4, -0.2) is 77.8 Å². The van der Waals surface area contributed by atoms with E-state index in [2.05, 4.69) is 0 Å². The van der Waals surface area contributed by atoms with Gasteiger partial charge >= 0.3 is 5.92 Å². The Morgan fingerprint density at radius 3 is 2.62 bits per heavy atom. The van der Waals surface area contributed by atoms with Crippen LogP contribution in [-0.2, 0) is 9.53 Å². The molecular weight excluding hydrogens is 282 g/mol. The highest BCUT2D eigenvalue weighted by Crippen LogP contribution is 2.43. The molecule has 5 nitrogen and oxygen atoms in total. The number of ether oxygens (including phenoxy) is 1. The first-order chi connectivity index (χ1) is 9.85. The number of amides is 1. The van der Waals surface area contributed by atoms with Gasteiger partial charge in [-0.25, -0.2) is 0 Å². The fourth-order valence-corrected chi connectivity index (χ4v) is 3.70. The van der Waals surface area contributed by atoms with E-state index < -0.39 is 17.4 Å². The minimum Gasteiger partial charge on any atom is -0.383 e. The standard InChI is InChI=1S/C14H22F2N2O3/c1-17-6-7-21-11-9-18(8-10(11)17)12(19)14(15,16)13(20)4-2-3-5-13/h10-11,20H,2-9H2,1H3/t10-,11+/m0/s1. The lowest BCUT2D eigenvalue weighted by Gasteiger charge is -2.34. The number of aliphatic hydroxyl groups is 1. The predicted molar refractivity (Wildman–Crippen MR) is 71.1 cm³/mol. The number of nitrogens with zero attached hydrogens (tertiary/aromatic N) is 2. The zero-order valence-electron chi connectivity index (χ0n) is 12.2. The van der Waals surface area contributed by atoms with Crippen LogP contribution in [0.3, 0.4) is 0 Å². The molecule has 0 spiro atoms. The first kappa shape index (κ1) is 15.1. The lowest BCUT2D eigenvalue weighted by molar-refractivity contribution is -0.199. The van der Waals surface area contributed by atoms with Crippen LogP contribution in [0.1, 0.15) is 25.7 Å². The van der Waals surface area contributed by atoms with Crippen molar-refractivity contribution >= 4 is 5.91 Å². The molecule has 0 bridgehead atoms. The zero-order chi connectivity index (χ0) is 15.3. The van der Waals surface area contributed by atoms with Crippen molar-refractivity contribution in [1.82, 2.24) is 9.80 Å². The number of rotatable bonds is 2. The molecule has 0 unspecified atom stereocenters. The van der Waals surface area contributed by atoms with Gasteiger partial charge < -0.3 is 14.7 Å². The van der Waals surface area contributed by atoms with Crippen LogP contribution in [0.25, 0.3) is 0 Å². The Bertz CT molecular complexity index is 426. The molecule has 3 aliphatic rings. The van der Waals surface area contributed by atoms with Crippen LogP contribution in [0.2, 0.25) is 0 Å². The van der Waals surface area contributed by atoms with Gasteiger partial charge in [0.15, 0.2) is 0 Å². The second-order valence-corrected chi connectivity index (χ2v) is 6.48. The summed E-state index contributed by atoms with van der Waals surface area (Å²) in [4.78, 5) is 15.5. The summed E-state index contributed by atoms with van der Waals surface area (Å²) in [5.41, 5.74) is -2.18. The Morgan fingerprint density at radius 2 is 2.00 bits per heavy atom. The third kappa shape index (κ3) is 2.35. The smallest absolute Gasteiger partial charge is 0.352 e. The second-order valence-electron chi connectivity index (χ2n) is 6.48. The van der Waals surface area contributed by atoms with Gasteiger partial charge in [0.2, 0.25) is 0 Å². The molecule has 0 aromatic carbocycles. The van der Waals surface area contributed by atoms with E-state index >= 15 is 0 Å². The van der Waals surface area contributed by atoms with Gasteiger partial charge in [-0.1, -0.05) is 12.8 Å². The quantitative estimate of drug-likeness (QED) is 0.806. The lowest BCUT2D eigenvalue weighted by Crippen LogP contribution is -2.56. The molecule has 1 N–H and O–H groups in total. The van der Waals surface area contributed by atoms with E-state index in [1.54, 1.807) is 0 Å². The average molecular weight is 304 g/mol. The van der Waals surface area contributed by atoms with E-state index in [0.29, 0.717) is 19.4 Å². The molecule has 7 heteroatoms. The molecule has 1 saturated carbocycles. The summed E-state index contributed by atoms with van der Waals surface area (Å²) in [6.07, 6.45) is 0.847. The van der Waals surface area contributed by atoms with Crippen molar-refractivity contribution in [3.8, 4) is 0 Å². The average Bonchev–Trinajstić information content (AvgIpc) is 3.06. The molecule has 21 heavy (non-hydrogen) atoms. The van der Waals surface area contributed by atoms with Crippen molar-refractivity contribution in [3.05, 3.63) is 0 Å². The van der Waals surface area contributed by atoms with Gasteiger partial charge in [-0.05, 0) is 19.9 Å². The predicted octanol–water partition coefficient (Wildman–Crippen LogP) is 0.468. The lowest BCUT2D eigenvalue weighted by atomic mass is 9.92. The molecule has 2 heterocycles. The second kappa shape index (κ2) is 5.14. The first-order valence-electron chi connectivity index (χ1n) is 7.56. The fraction of sp³-hybridized carbons (Fsp3) is 0.929. The zero-order valence-corrected chi connectivity index (χ0v) is 12.2. The number of carbonyl (C=O) groups is 1. The number of likely N-dealkylation sites (tertiary alicyclic amines) is 1. The van der Waals surface area contributed by atoms with Crippen LogP contribution < -0.4 is 0 Å². The third-order valence-electron chi connectivity index (χ3n) is 5.15. The Morgan fingerprint density at radius 1 is 1.33 bits per heavy atom. The molecule has 1 amide bonds. The van der Waals surface area contributed by atoms with Crippen molar-refractivity contribution in [3.63, 3.8) is 0 Å². The number of hydrogen-bond donors (Lipinski definition) is 1. The number of halogens is 2.